The van der Waals surface area contributed by atoms with Gasteiger partial charge in [-0.2, -0.15) is 0 Å². The number of aldehydes is 1. The quantitative estimate of drug-likeness (QED) is 0.521. The van der Waals surface area contributed by atoms with Crippen LogP contribution in [0.4, 0.5) is 16.0 Å². The van der Waals surface area contributed by atoms with Gasteiger partial charge < -0.3 is 29.3 Å². The van der Waals surface area contributed by atoms with Crippen molar-refractivity contribution >= 4 is 34.8 Å². The Morgan fingerprint density at radius 3 is 2.40 bits per heavy atom. The number of carboxylic acids is 1. The van der Waals surface area contributed by atoms with Gasteiger partial charge in [0.25, 0.3) is 0 Å². The Bertz CT molecular complexity index is 1340. The fourth-order valence-corrected chi connectivity index (χ4v) is 4.34. The number of pyridine rings is 1. The summed E-state index contributed by atoms with van der Waals surface area (Å²) in [6.07, 6.45) is 4.89. The van der Waals surface area contributed by atoms with Gasteiger partial charge in [-0.1, -0.05) is 0 Å². The lowest BCUT2D eigenvalue weighted by Gasteiger charge is -2.38. The topological polar surface area (TPSA) is 138 Å². The predicted molar refractivity (Wildman–Crippen MR) is 125 cm³/mol. The van der Waals surface area contributed by atoms with E-state index in [0.29, 0.717) is 49.5 Å². The first-order valence-corrected chi connectivity index (χ1v) is 10.9. The first-order chi connectivity index (χ1) is 16.9. The molecule has 2 aliphatic heterocycles. The van der Waals surface area contributed by atoms with E-state index < -0.39 is 22.8 Å². The van der Waals surface area contributed by atoms with E-state index in [1.807, 2.05) is 16.7 Å². The zero-order valence-electron chi connectivity index (χ0n) is 19.1. The summed E-state index contributed by atoms with van der Waals surface area (Å²) in [6, 6.07) is 0.884. The minimum atomic E-state index is -1.35. The standard InChI is InChI=1S/C22H20FN5O5.CH4O/c1-12-11-33-20-17-14(19(30)15(21(31)32)9-28(12)17)6-16(23)18(20)26-2-4-27(5-3-26)22-24-7-13(10-29)8-25-22;1-2/h6-10,12H,2-5,11H2,1H3,(H,31,32);2H,1H3/t12-;/m0./s1. The molecule has 1 fully saturated rings. The molecule has 2 aromatic heterocycles. The molecule has 0 amide bonds. The van der Waals surface area contributed by atoms with Crippen molar-refractivity contribution in [3.63, 3.8) is 0 Å². The number of halogens is 1. The van der Waals surface area contributed by atoms with Crippen molar-refractivity contribution in [3.8, 4) is 5.75 Å². The highest BCUT2D eigenvalue weighted by molar-refractivity contribution is 5.97. The van der Waals surface area contributed by atoms with Gasteiger partial charge >= 0.3 is 5.97 Å². The van der Waals surface area contributed by atoms with Gasteiger partial charge in [-0.15, -0.1) is 0 Å². The van der Waals surface area contributed by atoms with Gasteiger partial charge in [-0.05, 0) is 13.0 Å². The summed E-state index contributed by atoms with van der Waals surface area (Å²) in [5, 5.41) is 16.4. The zero-order valence-corrected chi connectivity index (χ0v) is 19.1. The van der Waals surface area contributed by atoms with Gasteiger partial charge in [0, 0.05) is 51.9 Å². The number of hydrogen-bond donors (Lipinski definition) is 2. The van der Waals surface area contributed by atoms with Gasteiger partial charge in [-0.25, -0.2) is 19.2 Å². The molecule has 2 aliphatic rings. The number of benzene rings is 1. The number of piperazine rings is 1. The normalized spacial score (nSPS) is 16.9. The number of carbonyl (C=O) groups excluding carboxylic acids is 1. The highest BCUT2D eigenvalue weighted by Crippen LogP contribution is 2.42. The van der Waals surface area contributed by atoms with Gasteiger partial charge in [0.05, 0.1) is 22.5 Å². The maximum absolute atomic E-state index is 15.3. The van der Waals surface area contributed by atoms with Crippen LogP contribution in [0.15, 0.2) is 29.5 Å². The second-order valence-corrected chi connectivity index (χ2v) is 8.08. The van der Waals surface area contributed by atoms with Crippen molar-refractivity contribution in [2.45, 2.75) is 13.0 Å². The Morgan fingerprint density at radius 1 is 1.17 bits per heavy atom. The van der Waals surface area contributed by atoms with Crippen molar-refractivity contribution in [1.82, 2.24) is 14.5 Å². The maximum atomic E-state index is 15.3. The summed E-state index contributed by atoms with van der Waals surface area (Å²) in [5.41, 5.74) is -0.0986. The summed E-state index contributed by atoms with van der Waals surface area (Å²) in [4.78, 5) is 47.3. The van der Waals surface area contributed by atoms with E-state index in [-0.39, 0.29) is 29.5 Å². The molecule has 1 saturated heterocycles. The lowest BCUT2D eigenvalue weighted by atomic mass is 10.1. The molecule has 0 radical (unpaired) electrons. The monoisotopic (exact) mass is 485 g/mol. The molecule has 0 spiro atoms. The molecule has 1 atom stereocenters. The van der Waals surface area contributed by atoms with Crippen molar-refractivity contribution in [2.24, 2.45) is 0 Å². The average molecular weight is 485 g/mol. The molecule has 4 heterocycles. The molecule has 11 nitrogen and oxygen atoms in total. The fraction of sp³-hybridized carbons (Fsp3) is 0.348. The third kappa shape index (κ3) is 4.16. The number of rotatable bonds is 4. The van der Waals surface area contributed by atoms with Crippen LogP contribution in [0.5, 0.6) is 5.75 Å². The Hall–Kier alpha value is -4.06. The Morgan fingerprint density at radius 2 is 1.80 bits per heavy atom. The molecule has 1 aromatic carbocycles. The number of aromatic nitrogens is 3. The van der Waals surface area contributed by atoms with E-state index in [1.165, 1.54) is 18.6 Å². The highest BCUT2D eigenvalue weighted by atomic mass is 19.1. The van der Waals surface area contributed by atoms with E-state index in [1.54, 1.807) is 4.57 Å². The minimum Gasteiger partial charge on any atom is -0.487 e. The van der Waals surface area contributed by atoms with Crippen LogP contribution in [0.2, 0.25) is 0 Å². The molecule has 35 heavy (non-hydrogen) atoms. The molecule has 0 aliphatic carbocycles. The number of aliphatic hydroxyl groups excluding tert-OH is 1. The van der Waals surface area contributed by atoms with E-state index in [4.69, 9.17) is 9.84 Å². The molecular formula is C23H24FN5O6. The second-order valence-electron chi connectivity index (χ2n) is 8.08. The number of nitrogens with zero attached hydrogens (tertiary/aromatic N) is 5. The van der Waals surface area contributed by atoms with E-state index >= 15 is 4.39 Å². The van der Waals surface area contributed by atoms with Gasteiger partial charge in [0.2, 0.25) is 11.4 Å². The number of aromatic carboxylic acids is 1. The first-order valence-electron chi connectivity index (χ1n) is 10.9. The Kier molecular flexibility index (Phi) is 6.65. The molecule has 0 unspecified atom stereocenters. The lowest BCUT2D eigenvalue weighted by Crippen LogP contribution is -2.47. The summed E-state index contributed by atoms with van der Waals surface area (Å²) in [5.74, 6) is -1.26. The summed E-state index contributed by atoms with van der Waals surface area (Å²) >= 11 is 0. The largest absolute Gasteiger partial charge is 0.487 e. The maximum Gasteiger partial charge on any atom is 0.341 e. The second kappa shape index (κ2) is 9.66. The van der Waals surface area contributed by atoms with Gasteiger partial charge in [-0.3, -0.25) is 9.59 Å². The summed E-state index contributed by atoms with van der Waals surface area (Å²) < 4.78 is 22.9. The van der Waals surface area contributed by atoms with Crippen LogP contribution in [-0.2, 0) is 0 Å². The van der Waals surface area contributed by atoms with Crippen LogP contribution in [0.1, 0.15) is 33.7 Å². The fourth-order valence-electron chi connectivity index (χ4n) is 4.34. The molecule has 0 saturated carbocycles. The summed E-state index contributed by atoms with van der Waals surface area (Å²) in [7, 11) is 1.00. The molecule has 12 heteroatoms. The lowest BCUT2D eigenvalue weighted by molar-refractivity contribution is 0.0694. The predicted octanol–water partition coefficient (Wildman–Crippen LogP) is 1.33. The molecule has 184 valence electrons. The van der Waals surface area contributed by atoms with Crippen LogP contribution in [-0.4, -0.2) is 76.9 Å². The number of carbonyl (C=O) groups is 2. The molecule has 5 rings (SSSR count). The number of hydrogen-bond acceptors (Lipinski definition) is 9. The van der Waals surface area contributed by atoms with E-state index in [9.17, 15) is 19.5 Å². The van der Waals surface area contributed by atoms with Crippen LogP contribution in [0.25, 0.3) is 10.9 Å². The first kappa shape index (κ1) is 24.1. The summed E-state index contributed by atoms with van der Waals surface area (Å²) in [6.45, 7) is 3.99. The molecular weight excluding hydrogens is 461 g/mol. The van der Waals surface area contributed by atoms with Crippen molar-refractivity contribution in [2.75, 3.05) is 49.7 Å². The van der Waals surface area contributed by atoms with Crippen molar-refractivity contribution in [1.29, 1.82) is 0 Å². The third-order valence-corrected chi connectivity index (χ3v) is 6.05. The van der Waals surface area contributed by atoms with Crippen LogP contribution >= 0.6 is 0 Å². The van der Waals surface area contributed by atoms with E-state index in [2.05, 4.69) is 9.97 Å². The average Bonchev–Trinajstić information content (AvgIpc) is 2.88. The Balaban J connectivity index is 0.00000141. The zero-order chi connectivity index (χ0) is 25.3. The number of anilines is 2. The molecule has 0 bridgehead atoms. The van der Waals surface area contributed by atoms with Crippen LogP contribution < -0.4 is 20.0 Å². The van der Waals surface area contributed by atoms with Gasteiger partial charge in [0.15, 0.2) is 17.9 Å². The number of ether oxygens (including phenoxy) is 1. The smallest absolute Gasteiger partial charge is 0.341 e. The van der Waals surface area contributed by atoms with Crippen LogP contribution in [0, 0.1) is 5.82 Å². The molecule has 3 aromatic rings. The third-order valence-electron chi connectivity index (χ3n) is 6.05. The van der Waals surface area contributed by atoms with E-state index in [0.717, 1.165) is 13.2 Å². The van der Waals surface area contributed by atoms with Crippen LogP contribution in [0.3, 0.4) is 0 Å². The number of carboxylic acid groups (broad SMARTS) is 1. The highest BCUT2D eigenvalue weighted by Gasteiger charge is 2.31. The molecule has 2 N–H and O–H groups in total. The minimum absolute atomic E-state index is 0.0139. The number of aliphatic hydroxyl groups is 1. The van der Waals surface area contributed by atoms with Crippen molar-refractivity contribution in [3.05, 3.63) is 51.8 Å². The van der Waals surface area contributed by atoms with Gasteiger partial charge in [0.1, 0.15) is 17.9 Å². The Labute approximate surface area is 199 Å². The SMILES string of the molecule is CO.C[C@H]1COc2c(N3CCN(c4ncc(C=O)cn4)CC3)c(F)cc3c(=O)c(C(=O)O)cn1c23. The van der Waals surface area contributed by atoms with Crippen molar-refractivity contribution < 1.29 is 28.9 Å².